The molecule has 1 aromatic rings. The first kappa shape index (κ1) is 17.6. The number of nitrogens with one attached hydrogen (secondary N) is 2. The maximum absolute atomic E-state index is 12.3. The van der Waals surface area contributed by atoms with E-state index in [4.69, 9.17) is 4.74 Å². The van der Waals surface area contributed by atoms with Crippen LogP contribution in [0.4, 0.5) is 10.5 Å². The summed E-state index contributed by atoms with van der Waals surface area (Å²) >= 11 is 0. The summed E-state index contributed by atoms with van der Waals surface area (Å²) in [7, 11) is -1.60. The number of sulfonamides is 1. The first-order valence-electron chi connectivity index (χ1n) is 7.52. The molecule has 2 rings (SSSR count). The highest BCUT2D eigenvalue weighted by molar-refractivity contribution is 7.88. The number of anilines is 1. The lowest BCUT2D eigenvalue weighted by atomic mass is 9.97. The monoisotopic (exact) mass is 341 g/mol. The lowest BCUT2D eigenvalue weighted by Gasteiger charge is -2.32. The number of urea groups is 1. The third-order valence-corrected chi connectivity index (χ3v) is 4.58. The number of hydrogen-bond donors (Lipinski definition) is 2. The fourth-order valence-electron chi connectivity index (χ4n) is 2.55. The van der Waals surface area contributed by atoms with E-state index in [1.54, 1.807) is 24.1 Å². The fourth-order valence-corrected chi connectivity index (χ4v) is 3.09. The molecule has 1 fully saturated rings. The Bertz CT molecular complexity index is 640. The number of ether oxygens (including phenoxy) is 1. The average Bonchev–Trinajstić information content (AvgIpc) is 2.53. The van der Waals surface area contributed by atoms with E-state index in [1.807, 2.05) is 12.1 Å². The van der Waals surface area contributed by atoms with Crippen LogP contribution in [0, 0.1) is 5.92 Å². The van der Waals surface area contributed by atoms with Crippen molar-refractivity contribution in [2.75, 3.05) is 38.3 Å². The van der Waals surface area contributed by atoms with Crippen LogP contribution in [0.2, 0.25) is 0 Å². The van der Waals surface area contributed by atoms with Gasteiger partial charge < -0.3 is 15.0 Å². The number of hydrogen-bond acceptors (Lipinski definition) is 4. The van der Waals surface area contributed by atoms with Crippen molar-refractivity contribution in [3.05, 3.63) is 24.3 Å². The summed E-state index contributed by atoms with van der Waals surface area (Å²) < 4.78 is 30.0. The van der Waals surface area contributed by atoms with Crippen LogP contribution in [0.5, 0.6) is 5.75 Å². The van der Waals surface area contributed by atoms with Gasteiger partial charge in [-0.1, -0.05) is 12.1 Å². The summed E-state index contributed by atoms with van der Waals surface area (Å²) in [5.41, 5.74) is 0.640. The van der Waals surface area contributed by atoms with Crippen LogP contribution in [-0.4, -0.2) is 52.3 Å². The van der Waals surface area contributed by atoms with Crippen LogP contribution in [0.15, 0.2) is 24.3 Å². The van der Waals surface area contributed by atoms with Gasteiger partial charge in [0.2, 0.25) is 10.0 Å². The van der Waals surface area contributed by atoms with E-state index in [0.717, 1.165) is 19.1 Å². The highest BCUT2D eigenvalue weighted by Gasteiger charge is 2.23. The van der Waals surface area contributed by atoms with Crippen LogP contribution in [0.25, 0.3) is 0 Å². The predicted octanol–water partition coefficient (Wildman–Crippen LogP) is 1.49. The summed E-state index contributed by atoms with van der Waals surface area (Å²) in [5.74, 6) is 0.883. The molecule has 0 bridgehead atoms. The summed E-state index contributed by atoms with van der Waals surface area (Å²) in [6, 6.07) is 7.10. The van der Waals surface area contributed by atoms with Crippen molar-refractivity contribution >= 4 is 21.7 Å². The van der Waals surface area contributed by atoms with Gasteiger partial charge >= 0.3 is 6.03 Å². The molecule has 1 aliphatic heterocycles. The molecule has 2 N–H and O–H groups in total. The lowest BCUT2D eigenvalue weighted by molar-refractivity contribution is 0.183. The summed E-state index contributed by atoms with van der Waals surface area (Å²) in [6.45, 7) is 1.65. The minimum absolute atomic E-state index is 0.163. The number of carbonyl (C=O) groups excluding carboxylic acids is 1. The molecule has 1 aromatic carbocycles. The van der Waals surface area contributed by atoms with E-state index in [0.29, 0.717) is 31.1 Å². The topological polar surface area (TPSA) is 87.7 Å². The van der Waals surface area contributed by atoms with Gasteiger partial charge in [0.1, 0.15) is 5.75 Å². The fraction of sp³-hybridized carbons (Fsp3) is 0.533. The molecule has 0 saturated carbocycles. The second-order valence-corrected chi connectivity index (χ2v) is 7.51. The third kappa shape index (κ3) is 5.40. The standard InChI is InChI=1S/C15H23N3O4S/c1-22-14-6-4-3-5-13(14)17-15(19)18-9-7-12(8-10-18)11-16-23(2,20)21/h3-6,12,16H,7-11H2,1-2H3,(H,17,19). The Labute approximate surface area is 137 Å². The molecule has 2 amide bonds. The van der Waals surface area contributed by atoms with Crippen molar-refractivity contribution in [3.8, 4) is 5.75 Å². The van der Waals surface area contributed by atoms with Gasteiger partial charge in [-0.25, -0.2) is 17.9 Å². The Morgan fingerprint density at radius 3 is 2.57 bits per heavy atom. The summed E-state index contributed by atoms with van der Waals surface area (Å²) in [4.78, 5) is 14.0. The van der Waals surface area contributed by atoms with E-state index in [-0.39, 0.29) is 11.9 Å². The Morgan fingerprint density at radius 2 is 1.96 bits per heavy atom. The molecule has 0 unspecified atom stereocenters. The second-order valence-electron chi connectivity index (χ2n) is 5.68. The van der Waals surface area contributed by atoms with Gasteiger partial charge in [0, 0.05) is 19.6 Å². The maximum atomic E-state index is 12.3. The van der Waals surface area contributed by atoms with Gasteiger partial charge in [0.15, 0.2) is 0 Å². The van der Waals surface area contributed by atoms with Crippen LogP contribution in [0.3, 0.4) is 0 Å². The number of carbonyl (C=O) groups is 1. The lowest BCUT2D eigenvalue weighted by Crippen LogP contribution is -2.43. The molecule has 1 heterocycles. The number of piperidine rings is 1. The van der Waals surface area contributed by atoms with E-state index < -0.39 is 10.0 Å². The molecule has 8 heteroatoms. The van der Waals surface area contributed by atoms with Crippen LogP contribution >= 0.6 is 0 Å². The van der Waals surface area contributed by atoms with Crippen molar-refractivity contribution in [3.63, 3.8) is 0 Å². The van der Waals surface area contributed by atoms with Crippen molar-refractivity contribution < 1.29 is 17.9 Å². The average molecular weight is 341 g/mol. The maximum Gasteiger partial charge on any atom is 0.321 e. The quantitative estimate of drug-likeness (QED) is 0.849. The molecule has 128 valence electrons. The molecule has 1 saturated heterocycles. The zero-order valence-corrected chi connectivity index (χ0v) is 14.2. The number of benzene rings is 1. The largest absolute Gasteiger partial charge is 0.495 e. The van der Waals surface area contributed by atoms with Gasteiger partial charge in [-0.15, -0.1) is 0 Å². The number of rotatable bonds is 5. The Balaban J connectivity index is 1.84. The molecule has 1 aliphatic rings. The minimum atomic E-state index is -3.16. The number of para-hydroxylation sites is 2. The van der Waals surface area contributed by atoms with E-state index >= 15 is 0 Å². The molecule has 0 aliphatic carbocycles. The van der Waals surface area contributed by atoms with Gasteiger partial charge in [-0.3, -0.25) is 0 Å². The first-order chi connectivity index (χ1) is 10.9. The molecule has 0 aromatic heterocycles. The van der Waals surface area contributed by atoms with Crippen LogP contribution in [-0.2, 0) is 10.0 Å². The smallest absolute Gasteiger partial charge is 0.321 e. The zero-order valence-electron chi connectivity index (χ0n) is 13.4. The van der Waals surface area contributed by atoms with Gasteiger partial charge in [0.25, 0.3) is 0 Å². The normalized spacial score (nSPS) is 16.2. The van der Waals surface area contributed by atoms with Crippen molar-refractivity contribution in [2.45, 2.75) is 12.8 Å². The Hall–Kier alpha value is -1.80. The first-order valence-corrected chi connectivity index (χ1v) is 9.42. The molecule has 0 spiro atoms. The van der Waals surface area contributed by atoms with E-state index in [2.05, 4.69) is 10.0 Å². The van der Waals surface area contributed by atoms with Gasteiger partial charge in [-0.05, 0) is 30.9 Å². The molecule has 0 radical (unpaired) electrons. The van der Waals surface area contributed by atoms with Gasteiger partial charge in [-0.2, -0.15) is 0 Å². The van der Waals surface area contributed by atoms with E-state index in [9.17, 15) is 13.2 Å². The van der Waals surface area contributed by atoms with E-state index in [1.165, 1.54) is 0 Å². The summed E-state index contributed by atoms with van der Waals surface area (Å²) in [6.07, 6.45) is 2.71. The van der Waals surface area contributed by atoms with Crippen molar-refractivity contribution in [1.82, 2.24) is 9.62 Å². The molecule has 7 nitrogen and oxygen atoms in total. The Morgan fingerprint density at radius 1 is 1.30 bits per heavy atom. The summed E-state index contributed by atoms with van der Waals surface area (Å²) in [5, 5.41) is 2.85. The van der Waals surface area contributed by atoms with Crippen molar-refractivity contribution in [1.29, 1.82) is 0 Å². The number of nitrogens with zero attached hydrogens (tertiary/aromatic N) is 1. The number of likely N-dealkylation sites (tertiary alicyclic amines) is 1. The molecule has 23 heavy (non-hydrogen) atoms. The second kappa shape index (κ2) is 7.65. The Kier molecular flexibility index (Phi) is 5.84. The molecular weight excluding hydrogens is 318 g/mol. The SMILES string of the molecule is COc1ccccc1NC(=O)N1CCC(CNS(C)(=O)=O)CC1. The third-order valence-electron chi connectivity index (χ3n) is 3.88. The highest BCUT2D eigenvalue weighted by Crippen LogP contribution is 2.24. The molecule has 0 atom stereocenters. The van der Waals surface area contributed by atoms with Crippen molar-refractivity contribution in [2.24, 2.45) is 5.92 Å². The zero-order chi connectivity index (χ0) is 16.9. The molecular formula is C15H23N3O4S. The van der Waals surface area contributed by atoms with Gasteiger partial charge in [0.05, 0.1) is 19.1 Å². The number of methoxy groups -OCH3 is 1. The van der Waals surface area contributed by atoms with Crippen LogP contribution in [0.1, 0.15) is 12.8 Å². The minimum Gasteiger partial charge on any atom is -0.495 e. The van der Waals surface area contributed by atoms with Crippen LogP contribution < -0.4 is 14.8 Å². The highest BCUT2D eigenvalue weighted by atomic mass is 32.2. The number of amides is 2. The predicted molar refractivity (Wildman–Crippen MR) is 89.2 cm³/mol.